The van der Waals surface area contributed by atoms with E-state index in [-0.39, 0.29) is 22.8 Å². The van der Waals surface area contributed by atoms with Crippen LogP contribution in [0.1, 0.15) is 46.2 Å². The van der Waals surface area contributed by atoms with Crippen LogP contribution in [0, 0.1) is 0 Å². The largest absolute Gasteiger partial charge is 0.343 e. The Hall–Kier alpha value is -2.03. The van der Waals surface area contributed by atoms with Crippen LogP contribution >= 0.6 is 11.8 Å². The van der Waals surface area contributed by atoms with Gasteiger partial charge >= 0.3 is 5.69 Å². The molecule has 2 aromatic rings. The monoisotopic (exact) mass is 366 g/mol. The molecule has 0 aliphatic heterocycles. The number of hydrogen-bond donors (Lipinski definition) is 2. The molecule has 2 aromatic heterocycles. The minimum Gasteiger partial charge on any atom is -0.310 e. The number of carbonyl (C=O) groups excluding carboxylic acids is 1. The maximum Gasteiger partial charge on any atom is 0.343 e. The van der Waals surface area contributed by atoms with E-state index < -0.39 is 0 Å². The minimum atomic E-state index is -0.238. The van der Waals surface area contributed by atoms with Gasteiger partial charge in [-0.3, -0.25) is 14.0 Å². The second kappa shape index (κ2) is 7.90. The first-order valence-electron chi connectivity index (χ1n) is 8.34. The highest BCUT2D eigenvalue weighted by atomic mass is 32.2. The summed E-state index contributed by atoms with van der Waals surface area (Å²) in [7, 11) is 1.80. The number of anilines is 1. The highest BCUT2D eigenvalue weighted by Gasteiger charge is 2.20. The standard InChI is InChI=1S/C16H26N6O2S/c1-6-7-8-22-14(24)18-19-15(22)25-10-13(23)17-12-9-11(16(2,3)4)20-21(12)5/h9H,6-8,10H2,1-5H3,(H,17,23)(H,18,24). The number of aromatic nitrogens is 5. The number of aromatic amines is 1. The maximum absolute atomic E-state index is 12.2. The molecule has 0 aliphatic carbocycles. The highest BCUT2D eigenvalue weighted by Crippen LogP contribution is 2.23. The van der Waals surface area contributed by atoms with Gasteiger partial charge in [-0.05, 0) is 6.42 Å². The number of amides is 1. The summed E-state index contributed by atoms with van der Waals surface area (Å²) in [6.07, 6.45) is 1.88. The molecule has 0 unspecified atom stereocenters. The van der Waals surface area contributed by atoms with Gasteiger partial charge in [-0.15, -0.1) is 5.10 Å². The number of nitrogens with one attached hydrogen (secondary N) is 2. The number of rotatable bonds is 7. The molecule has 8 nitrogen and oxygen atoms in total. The van der Waals surface area contributed by atoms with Crippen molar-refractivity contribution >= 4 is 23.5 Å². The molecular formula is C16H26N6O2S. The average Bonchev–Trinajstić information content (AvgIpc) is 3.06. The van der Waals surface area contributed by atoms with Crippen molar-refractivity contribution in [1.82, 2.24) is 24.5 Å². The van der Waals surface area contributed by atoms with E-state index in [1.54, 1.807) is 16.3 Å². The molecule has 0 bridgehead atoms. The molecule has 0 spiro atoms. The zero-order valence-corrected chi connectivity index (χ0v) is 16.2. The van der Waals surface area contributed by atoms with E-state index in [0.717, 1.165) is 18.5 Å². The lowest BCUT2D eigenvalue weighted by Gasteiger charge is -2.13. The van der Waals surface area contributed by atoms with Crippen molar-refractivity contribution in [2.24, 2.45) is 7.05 Å². The molecule has 2 rings (SSSR count). The van der Waals surface area contributed by atoms with Gasteiger partial charge in [0.05, 0.1) is 11.4 Å². The Balaban J connectivity index is 1.98. The number of unbranched alkanes of at least 4 members (excludes halogenated alkanes) is 1. The average molecular weight is 366 g/mol. The lowest BCUT2D eigenvalue weighted by molar-refractivity contribution is -0.113. The number of aryl methyl sites for hydroxylation is 1. The van der Waals surface area contributed by atoms with Crippen molar-refractivity contribution in [3.63, 3.8) is 0 Å². The Bertz CT molecular complexity index is 783. The molecule has 138 valence electrons. The Labute approximate surface area is 151 Å². The van der Waals surface area contributed by atoms with Crippen molar-refractivity contribution in [2.45, 2.75) is 57.7 Å². The molecule has 9 heteroatoms. The third-order valence-corrected chi connectivity index (χ3v) is 4.68. The van der Waals surface area contributed by atoms with Crippen LogP contribution in [-0.2, 0) is 23.8 Å². The lowest BCUT2D eigenvalue weighted by Crippen LogP contribution is -2.19. The molecule has 0 saturated heterocycles. The first-order valence-corrected chi connectivity index (χ1v) is 9.33. The van der Waals surface area contributed by atoms with Gasteiger partial charge in [0.15, 0.2) is 5.16 Å². The van der Waals surface area contributed by atoms with Gasteiger partial charge in [-0.2, -0.15) is 5.10 Å². The first-order chi connectivity index (χ1) is 11.7. The third-order valence-electron chi connectivity index (χ3n) is 3.71. The molecule has 2 heterocycles. The Kier molecular flexibility index (Phi) is 6.10. The summed E-state index contributed by atoms with van der Waals surface area (Å²) < 4.78 is 3.23. The van der Waals surface area contributed by atoms with E-state index in [1.807, 2.05) is 6.07 Å². The number of carbonyl (C=O) groups is 1. The predicted octanol–water partition coefficient (Wildman–Crippen LogP) is 2.13. The third kappa shape index (κ3) is 4.97. The van der Waals surface area contributed by atoms with Gasteiger partial charge in [-0.1, -0.05) is 45.9 Å². The summed E-state index contributed by atoms with van der Waals surface area (Å²) in [6.45, 7) is 8.88. The summed E-state index contributed by atoms with van der Waals surface area (Å²) in [4.78, 5) is 24.0. The molecular weight excluding hydrogens is 340 g/mol. The van der Waals surface area contributed by atoms with Crippen molar-refractivity contribution in [2.75, 3.05) is 11.1 Å². The van der Waals surface area contributed by atoms with Crippen LogP contribution in [0.4, 0.5) is 5.82 Å². The Morgan fingerprint density at radius 1 is 1.40 bits per heavy atom. The molecule has 25 heavy (non-hydrogen) atoms. The normalized spacial score (nSPS) is 11.7. The molecule has 0 aromatic carbocycles. The van der Waals surface area contributed by atoms with Gasteiger partial charge in [0, 0.05) is 25.1 Å². The second-order valence-electron chi connectivity index (χ2n) is 6.94. The van der Waals surface area contributed by atoms with E-state index >= 15 is 0 Å². The van der Waals surface area contributed by atoms with Crippen LogP contribution < -0.4 is 11.0 Å². The van der Waals surface area contributed by atoms with Crippen molar-refractivity contribution in [3.8, 4) is 0 Å². The van der Waals surface area contributed by atoms with Crippen molar-refractivity contribution in [3.05, 3.63) is 22.2 Å². The van der Waals surface area contributed by atoms with Gasteiger partial charge in [0.25, 0.3) is 0 Å². The Morgan fingerprint density at radius 2 is 2.12 bits per heavy atom. The van der Waals surface area contributed by atoms with Crippen molar-refractivity contribution in [1.29, 1.82) is 0 Å². The Morgan fingerprint density at radius 3 is 2.72 bits per heavy atom. The summed E-state index contributed by atoms with van der Waals surface area (Å²) in [5.41, 5.74) is 0.594. The van der Waals surface area contributed by atoms with E-state index in [1.165, 1.54) is 11.8 Å². The topological polar surface area (TPSA) is 97.6 Å². The van der Waals surface area contributed by atoms with Gasteiger partial charge in [0.2, 0.25) is 5.91 Å². The number of hydrogen-bond acceptors (Lipinski definition) is 5. The van der Waals surface area contributed by atoms with Crippen LogP contribution in [-0.4, -0.2) is 36.2 Å². The molecule has 0 radical (unpaired) electrons. The van der Waals surface area contributed by atoms with E-state index in [2.05, 4.69) is 48.3 Å². The number of H-pyrrole nitrogens is 1. The highest BCUT2D eigenvalue weighted by molar-refractivity contribution is 7.99. The second-order valence-corrected chi connectivity index (χ2v) is 7.88. The molecule has 2 N–H and O–H groups in total. The van der Waals surface area contributed by atoms with E-state index in [0.29, 0.717) is 17.5 Å². The smallest absolute Gasteiger partial charge is 0.310 e. The number of thioether (sulfide) groups is 1. The summed E-state index contributed by atoms with van der Waals surface area (Å²) in [6, 6.07) is 1.88. The zero-order valence-electron chi connectivity index (χ0n) is 15.4. The van der Waals surface area contributed by atoms with E-state index in [9.17, 15) is 9.59 Å². The van der Waals surface area contributed by atoms with Crippen LogP contribution in [0.3, 0.4) is 0 Å². The maximum atomic E-state index is 12.2. The summed E-state index contributed by atoms with van der Waals surface area (Å²) in [5.74, 6) is 0.666. The van der Waals surface area contributed by atoms with Crippen molar-refractivity contribution < 1.29 is 4.79 Å². The summed E-state index contributed by atoms with van der Waals surface area (Å²) >= 11 is 1.24. The molecule has 0 aliphatic rings. The quantitative estimate of drug-likeness (QED) is 0.732. The minimum absolute atomic E-state index is 0.0835. The first kappa shape index (κ1) is 19.3. The number of nitrogens with zero attached hydrogens (tertiary/aromatic N) is 4. The fourth-order valence-electron chi connectivity index (χ4n) is 2.19. The predicted molar refractivity (Wildman–Crippen MR) is 99.0 cm³/mol. The van der Waals surface area contributed by atoms with Crippen LogP contribution in [0.5, 0.6) is 0 Å². The SMILES string of the molecule is CCCCn1c(SCC(=O)Nc2cc(C(C)(C)C)nn2C)n[nH]c1=O. The fraction of sp³-hybridized carbons (Fsp3) is 0.625. The summed E-state index contributed by atoms with van der Waals surface area (Å²) in [5, 5.41) is 14.3. The van der Waals surface area contributed by atoms with E-state index in [4.69, 9.17) is 0 Å². The molecule has 0 fully saturated rings. The van der Waals surface area contributed by atoms with Crippen LogP contribution in [0.2, 0.25) is 0 Å². The molecule has 0 atom stereocenters. The lowest BCUT2D eigenvalue weighted by atomic mass is 9.92. The fourth-order valence-corrected chi connectivity index (χ4v) is 2.96. The molecule has 1 amide bonds. The zero-order chi connectivity index (χ0) is 18.6. The van der Waals surface area contributed by atoms with Crippen LogP contribution in [0.15, 0.2) is 16.0 Å². The molecule has 0 saturated carbocycles. The van der Waals surface area contributed by atoms with Gasteiger partial charge < -0.3 is 5.32 Å². The van der Waals surface area contributed by atoms with Crippen LogP contribution in [0.25, 0.3) is 0 Å². The van der Waals surface area contributed by atoms with Gasteiger partial charge in [-0.25, -0.2) is 9.89 Å². The van der Waals surface area contributed by atoms with Gasteiger partial charge in [0.1, 0.15) is 5.82 Å².